The lowest BCUT2D eigenvalue weighted by Crippen LogP contribution is -2.31. The lowest BCUT2D eigenvalue weighted by molar-refractivity contribution is 0.0772. The van der Waals surface area contributed by atoms with Gasteiger partial charge in [0.25, 0.3) is 5.91 Å². The molecule has 0 saturated carbocycles. The molecule has 0 atom stereocenters. The minimum absolute atomic E-state index is 0.109. The van der Waals surface area contributed by atoms with E-state index in [1.807, 2.05) is 42.7 Å². The van der Waals surface area contributed by atoms with E-state index in [1.165, 1.54) is 6.07 Å². The molecule has 27 heavy (non-hydrogen) atoms. The van der Waals surface area contributed by atoms with E-state index < -0.39 is 5.82 Å². The van der Waals surface area contributed by atoms with Gasteiger partial charge in [0, 0.05) is 24.6 Å². The molecule has 3 aromatic rings. The van der Waals surface area contributed by atoms with Crippen LogP contribution in [0.5, 0.6) is 5.75 Å². The average molecular weight is 367 g/mol. The molecule has 2 heterocycles. The van der Waals surface area contributed by atoms with Gasteiger partial charge in [-0.15, -0.1) is 0 Å². The number of pyridine rings is 1. The van der Waals surface area contributed by atoms with E-state index in [0.29, 0.717) is 12.1 Å². The van der Waals surface area contributed by atoms with E-state index in [4.69, 9.17) is 4.74 Å². The first-order valence-corrected chi connectivity index (χ1v) is 8.72. The van der Waals surface area contributed by atoms with Crippen molar-refractivity contribution in [3.63, 3.8) is 0 Å². The SMILES string of the molecule is Cc1cc(C(=O)N(C)CCOc2ccccc2F)c(C)n1-c1ccccn1. The molecule has 0 spiro atoms. The Bertz CT molecular complexity index is 938. The zero-order chi connectivity index (χ0) is 19.4. The molecule has 0 bridgehead atoms. The van der Waals surface area contributed by atoms with Crippen LogP contribution in [0.25, 0.3) is 5.82 Å². The van der Waals surface area contributed by atoms with Crippen LogP contribution in [0.3, 0.4) is 0 Å². The van der Waals surface area contributed by atoms with E-state index in [1.54, 1.807) is 36.3 Å². The highest BCUT2D eigenvalue weighted by Crippen LogP contribution is 2.21. The number of aryl methyl sites for hydroxylation is 1. The maximum Gasteiger partial charge on any atom is 0.255 e. The molecular formula is C21H22FN3O2. The minimum Gasteiger partial charge on any atom is -0.489 e. The summed E-state index contributed by atoms with van der Waals surface area (Å²) in [6, 6.07) is 13.8. The van der Waals surface area contributed by atoms with Crippen LogP contribution < -0.4 is 4.74 Å². The molecule has 0 N–H and O–H groups in total. The first-order chi connectivity index (χ1) is 13.0. The second-order valence-electron chi connectivity index (χ2n) is 6.31. The van der Waals surface area contributed by atoms with Crippen molar-refractivity contribution in [2.24, 2.45) is 0 Å². The maximum absolute atomic E-state index is 13.6. The van der Waals surface area contributed by atoms with E-state index in [-0.39, 0.29) is 18.3 Å². The van der Waals surface area contributed by atoms with E-state index in [2.05, 4.69) is 4.98 Å². The van der Waals surface area contributed by atoms with Gasteiger partial charge < -0.3 is 14.2 Å². The van der Waals surface area contributed by atoms with Gasteiger partial charge in [-0.2, -0.15) is 0 Å². The number of hydrogen-bond donors (Lipinski definition) is 0. The van der Waals surface area contributed by atoms with Crippen LogP contribution in [0.2, 0.25) is 0 Å². The number of hydrogen-bond acceptors (Lipinski definition) is 3. The summed E-state index contributed by atoms with van der Waals surface area (Å²) in [7, 11) is 1.71. The van der Waals surface area contributed by atoms with Crippen molar-refractivity contribution in [3.05, 3.63) is 77.5 Å². The fourth-order valence-corrected chi connectivity index (χ4v) is 2.98. The van der Waals surface area contributed by atoms with Gasteiger partial charge in [-0.3, -0.25) is 4.79 Å². The molecule has 0 aliphatic rings. The van der Waals surface area contributed by atoms with Gasteiger partial charge in [0.05, 0.1) is 12.1 Å². The molecule has 0 saturated heterocycles. The number of carbonyl (C=O) groups excluding carboxylic acids is 1. The summed E-state index contributed by atoms with van der Waals surface area (Å²) in [4.78, 5) is 18.8. The van der Waals surface area contributed by atoms with Gasteiger partial charge in [0.2, 0.25) is 0 Å². The molecule has 2 aromatic heterocycles. The first-order valence-electron chi connectivity index (χ1n) is 8.72. The number of aromatic nitrogens is 2. The van der Waals surface area contributed by atoms with Gasteiger partial charge in [0.1, 0.15) is 12.4 Å². The number of halogens is 1. The summed E-state index contributed by atoms with van der Waals surface area (Å²) in [5.41, 5.74) is 2.38. The molecule has 1 aromatic carbocycles. The van der Waals surface area contributed by atoms with Gasteiger partial charge in [-0.25, -0.2) is 9.37 Å². The summed E-state index contributed by atoms with van der Waals surface area (Å²) in [5, 5.41) is 0. The Morgan fingerprint density at radius 2 is 1.93 bits per heavy atom. The van der Waals surface area contributed by atoms with Crippen molar-refractivity contribution in [1.82, 2.24) is 14.5 Å². The molecule has 0 unspecified atom stereocenters. The number of para-hydroxylation sites is 1. The van der Waals surface area contributed by atoms with Gasteiger partial charge in [-0.05, 0) is 44.2 Å². The largest absolute Gasteiger partial charge is 0.489 e. The van der Waals surface area contributed by atoms with Gasteiger partial charge >= 0.3 is 0 Å². The fraction of sp³-hybridized carbons (Fsp3) is 0.238. The summed E-state index contributed by atoms with van der Waals surface area (Å²) >= 11 is 0. The Morgan fingerprint density at radius 1 is 1.19 bits per heavy atom. The predicted molar refractivity (Wildman–Crippen MR) is 102 cm³/mol. The van der Waals surface area contributed by atoms with Crippen molar-refractivity contribution in [1.29, 1.82) is 0 Å². The first kappa shape index (κ1) is 18.6. The second kappa shape index (κ2) is 8.03. The number of likely N-dealkylation sites (N-methyl/N-ethyl adjacent to an activating group) is 1. The monoisotopic (exact) mass is 367 g/mol. The standard InChI is InChI=1S/C21H22FN3O2/c1-15-14-17(16(2)25(15)20-10-6-7-11-23-20)21(26)24(3)12-13-27-19-9-5-4-8-18(19)22/h4-11,14H,12-13H2,1-3H3. The Kier molecular flexibility index (Phi) is 5.54. The molecule has 3 rings (SSSR count). The molecule has 6 heteroatoms. The number of carbonyl (C=O) groups is 1. The highest BCUT2D eigenvalue weighted by Gasteiger charge is 2.20. The molecular weight excluding hydrogens is 345 g/mol. The van der Waals surface area contributed by atoms with E-state index in [0.717, 1.165) is 17.2 Å². The van der Waals surface area contributed by atoms with Crippen LogP contribution in [0.15, 0.2) is 54.7 Å². The van der Waals surface area contributed by atoms with Crippen LogP contribution in [-0.2, 0) is 0 Å². The highest BCUT2D eigenvalue weighted by molar-refractivity contribution is 5.95. The van der Waals surface area contributed by atoms with Gasteiger partial charge in [-0.1, -0.05) is 18.2 Å². The third-order valence-electron chi connectivity index (χ3n) is 4.41. The van der Waals surface area contributed by atoms with Crippen LogP contribution in [0.4, 0.5) is 4.39 Å². The van der Waals surface area contributed by atoms with E-state index in [9.17, 15) is 9.18 Å². The van der Waals surface area contributed by atoms with Crippen LogP contribution in [0.1, 0.15) is 21.7 Å². The van der Waals surface area contributed by atoms with Crippen molar-refractivity contribution in [2.75, 3.05) is 20.2 Å². The lowest BCUT2D eigenvalue weighted by Gasteiger charge is -2.18. The zero-order valence-corrected chi connectivity index (χ0v) is 15.6. The highest BCUT2D eigenvalue weighted by atomic mass is 19.1. The van der Waals surface area contributed by atoms with Crippen LogP contribution in [0, 0.1) is 19.7 Å². The summed E-state index contributed by atoms with van der Waals surface area (Å²) < 4.78 is 21.0. The Labute approximate surface area is 158 Å². The predicted octanol–water partition coefficient (Wildman–Crippen LogP) is 3.78. The Hall–Kier alpha value is -3.15. The second-order valence-corrected chi connectivity index (χ2v) is 6.31. The van der Waals surface area contributed by atoms with Crippen LogP contribution in [-0.4, -0.2) is 40.6 Å². The topological polar surface area (TPSA) is 47.4 Å². The van der Waals surface area contributed by atoms with Gasteiger partial charge in [0.15, 0.2) is 11.6 Å². The Balaban J connectivity index is 1.69. The van der Waals surface area contributed by atoms with Crippen molar-refractivity contribution >= 4 is 5.91 Å². The lowest BCUT2D eigenvalue weighted by atomic mass is 10.2. The molecule has 140 valence electrons. The number of amides is 1. The molecule has 0 radical (unpaired) electrons. The smallest absolute Gasteiger partial charge is 0.255 e. The van der Waals surface area contributed by atoms with Crippen LogP contribution >= 0.6 is 0 Å². The normalized spacial score (nSPS) is 10.7. The third-order valence-corrected chi connectivity index (χ3v) is 4.41. The summed E-state index contributed by atoms with van der Waals surface area (Å²) in [5.74, 6) is 0.441. The number of rotatable bonds is 6. The third kappa shape index (κ3) is 4.00. The fourth-order valence-electron chi connectivity index (χ4n) is 2.98. The zero-order valence-electron chi connectivity index (χ0n) is 15.6. The molecule has 1 amide bonds. The van der Waals surface area contributed by atoms with E-state index >= 15 is 0 Å². The minimum atomic E-state index is -0.412. The molecule has 0 aliphatic heterocycles. The van der Waals surface area contributed by atoms with Crippen molar-refractivity contribution < 1.29 is 13.9 Å². The van der Waals surface area contributed by atoms with Crippen molar-refractivity contribution in [2.45, 2.75) is 13.8 Å². The maximum atomic E-state index is 13.6. The number of nitrogens with zero attached hydrogens (tertiary/aromatic N) is 3. The van der Waals surface area contributed by atoms with Crippen molar-refractivity contribution in [3.8, 4) is 11.6 Å². The Morgan fingerprint density at radius 3 is 2.63 bits per heavy atom. The summed E-state index contributed by atoms with van der Waals surface area (Å²) in [6.07, 6.45) is 1.72. The molecule has 0 fully saturated rings. The number of benzene rings is 1. The molecule has 0 aliphatic carbocycles. The molecule has 5 nitrogen and oxygen atoms in total. The quantitative estimate of drug-likeness (QED) is 0.666. The number of ether oxygens (including phenoxy) is 1. The summed E-state index contributed by atoms with van der Waals surface area (Å²) in [6.45, 7) is 4.40. The average Bonchev–Trinajstić information content (AvgIpc) is 2.97.